The Balaban J connectivity index is 0.000000277. The van der Waals surface area contributed by atoms with Gasteiger partial charge in [0, 0.05) is 18.7 Å². The van der Waals surface area contributed by atoms with Crippen molar-refractivity contribution in [3.8, 4) is 0 Å². The summed E-state index contributed by atoms with van der Waals surface area (Å²) in [5, 5.41) is 20.6. The molecule has 1 amide bonds. The summed E-state index contributed by atoms with van der Waals surface area (Å²) in [6.45, 7) is 0.734. The Morgan fingerprint density at radius 2 is 1.85 bits per heavy atom. The molecule has 0 aliphatic carbocycles. The normalized spacial score (nSPS) is 12.3. The lowest BCUT2D eigenvalue weighted by atomic mass is 10.1. The van der Waals surface area contributed by atoms with Crippen LogP contribution in [0.25, 0.3) is 0 Å². The predicted octanol–water partition coefficient (Wildman–Crippen LogP) is 1.73. The Labute approximate surface area is 162 Å². The number of amides is 1. The van der Waals surface area contributed by atoms with Gasteiger partial charge in [0.05, 0.1) is 6.61 Å². The van der Waals surface area contributed by atoms with Gasteiger partial charge >= 0.3 is 5.97 Å². The lowest BCUT2D eigenvalue weighted by molar-refractivity contribution is -0.147. The average molecular weight is 395 g/mol. The Hall–Kier alpha value is -2.45. The van der Waals surface area contributed by atoms with E-state index in [-0.39, 0.29) is 18.1 Å². The van der Waals surface area contributed by atoms with Crippen molar-refractivity contribution in [2.45, 2.75) is 18.7 Å². The molecule has 0 aliphatic heterocycles. The van der Waals surface area contributed by atoms with E-state index >= 15 is 0 Å². The highest BCUT2D eigenvalue weighted by atomic mass is 35.5. The first-order valence-corrected chi connectivity index (χ1v) is 8.45. The molecule has 27 heavy (non-hydrogen) atoms. The van der Waals surface area contributed by atoms with Crippen LogP contribution in [0.15, 0.2) is 54.6 Å². The second-order valence-corrected chi connectivity index (χ2v) is 6.00. The minimum Gasteiger partial charge on any atom is -0.479 e. The Bertz CT molecular complexity index is 727. The molecule has 146 valence electrons. The van der Waals surface area contributed by atoms with Gasteiger partial charge in [-0.15, -0.1) is 0 Å². The third-order valence-corrected chi connectivity index (χ3v) is 3.63. The van der Waals surface area contributed by atoms with Crippen LogP contribution < -0.4 is 11.1 Å². The van der Waals surface area contributed by atoms with E-state index in [1.165, 1.54) is 19.2 Å². The quantitative estimate of drug-likeness (QED) is 0.567. The Morgan fingerprint density at radius 1 is 1.19 bits per heavy atom. The number of carboxylic acid groups (broad SMARTS) is 1. The first kappa shape index (κ1) is 22.6. The molecule has 2 atom stereocenters. The molecule has 0 heterocycles. The summed E-state index contributed by atoms with van der Waals surface area (Å²) >= 11 is 5.59. The summed E-state index contributed by atoms with van der Waals surface area (Å²) in [6, 6.07) is 15.2. The van der Waals surface area contributed by atoms with Gasteiger partial charge in [-0.1, -0.05) is 54.1 Å². The molecule has 0 aliphatic rings. The van der Waals surface area contributed by atoms with Crippen LogP contribution in [0, 0.1) is 0 Å². The lowest BCUT2D eigenvalue weighted by Crippen LogP contribution is -2.43. The number of hydrogen-bond acceptors (Lipinski definition) is 5. The lowest BCUT2D eigenvalue weighted by Gasteiger charge is -2.10. The number of carbonyl (C=O) groups is 2. The molecule has 0 bridgehead atoms. The van der Waals surface area contributed by atoms with Gasteiger partial charge in [-0.25, -0.2) is 4.79 Å². The van der Waals surface area contributed by atoms with Crippen molar-refractivity contribution in [2.75, 3.05) is 13.7 Å². The molecule has 7 nitrogen and oxygen atoms in total. The van der Waals surface area contributed by atoms with E-state index in [1.54, 1.807) is 12.1 Å². The molecule has 8 heteroatoms. The number of aliphatic carboxylic acids is 1. The zero-order valence-corrected chi connectivity index (χ0v) is 15.6. The largest absolute Gasteiger partial charge is 0.479 e. The van der Waals surface area contributed by atoms with Crippen molar-refractivity contribution in [1.82, 2.24) is 5.32 Å². The number of hydrogen-bond donors (Lipinski definition) is 4. The SMILES string of the molecule is COCC(N)C(=O)NCc1ccccc1.O=C(O)C(O)c1cccc(Cl)c1. The number of carbonyl (C=O) groups excluding carboxylic acids is 1. The van der Waals surface area contributed by atoms with Crippen LogP contribution in [0.2, 0.25) is 5.02 Å². The second-order valence-electron chi connectivity index (χ2n) is 5.56. The maximum atomic E-state index is 11.4. The van der Waals surface area contributed by atoms with Crippen molar-refractivity contribution >= 4 is 23.5 Å². The molecule has 0 aromatic heterocycles. The fraction of sp³-hybridized carbons (Fsp3) is 0.263. The molecule has 0 saturated carbocycles. The van der Waals surface area contributed by atoms with E-state index in [4.69, 9.17) is 32.3 Å². The van der Waals surface area contributed by atoms with Crippen LogP contribution >= 0.6 is 11.6 Å². The molecule has 2 aromatic carbocycles. The number of ether oxygens (including phenoxy) is 1. The van der Waals surface area contributed by atoms with Crippen molar-refractivity contribution in [3.63, 3.8) is 0 Å². The summed E-state index contributed by atoms with van der Waals surface area (Å²) in [5.74, 6) is -1.47. The standard InChI is InChI=1S/C11H16N2O2.C8H7ClO3/c1-15-8-10(12)11(14)13-7-9-5-3-2-4-6-9;9-6-3-1-2-5(4-6)7(10)8(11)12/h2-6,10H,7-8,12H2,1H3,(H,13,14);1-4,7,10H,(H,11,12). The summed E-state index contributed by atoms with van der Waals surface area (Å²) in [6.07, 6.45) is -1.50. The van der Waals surface area contributed by atoms with Crippen LogP contribution in [-0.4, -0.2) is 41.8 Å². The maximum Gasteiger partial charge on any atom is 0.337 e. The summed E-state index contributed by atoms with van der Waals surface area (Å²) < 4.78 is 4.79. The van der Waals surface area contributed by atoms with Gasteiger partial charge in [0.25, 0.3) is 0 Å². The van der Waals surface area contributed by atoms with Crippen molar-refractivity contribution in [2.24, 2.45) is 5.73 Å². The van der Waals surface area contributed by atoms with Crippen molar-refractivity contribution < 1.29 is 24.5 Å². The number of carboxylic acids is 1. The molecular formula is C19H23ClN2O5. The zero-order valence-electron chi connectivity index (χ0n) is 14.8. The number of methoxy groups -OCH3 is 1. The second kappa shape index (κ2) is 12.0. The molecule has 0 radical (unpaired) electrons. The molecular weight excluding hydrogens is 372 g/mol. The molecule has 0 fully saturated rings. The highest BCUT2D eigenvalue weighted by molar-refractivity contribution is 6.30. The van der Waals surface area contributed by atoms with Crippen LogP contribution in [0.4, 0.5) is 0 Å². The Morgan fingerprint density at radius 3 is 2.41 bits per heavy atom. The highest BCUT2D eigenvalue weighted by Gasteiger charge is 2.15. The van der Waals surface area contributed by atoms with Gasteiger partial charge in [-0.3, -0.25) is 4.79 Å². The number of rotatable bonds is 7. The van der Waals surface area contributed by atoms with Crippen molar-refractivity contribution in [1.29, 1.82) is 0 Å². The van der Waals surface area contributed by atoms with E-state index in [2.05, 4.69) is 5.32 Å². The molecule has 2 unspecified atom stereocenters. The van der Waals surface area contributed by atoms with Gasteiger partial charge in [0.1, 0.15) is 6.04 Å². The van der Waals surface area contributed by atoms with Gasteiger partial charge in [-0.05, 0) is 23.3 Å². The molecule has 2 aromatic rings. The van der Waals surface area contributed by atoms with E-state index in [9.17, 15) is 9.59 Å². The maximum absolute atomic E-state index is 11.4. The van der Waals surface area contributed by atoms with Gasteiger partial charge < -0.3 is 26.0 Å². The number of aliphatic hydroxyl groups excluding tert-OH is 1. The smallest absolute Gasteiger partial charge is 0.337 e. The highest BCUT2D eigenvalue weighted by Crippen LogP contribution is 2.17. The minimum absolute atomic E-state index is 0.194. The predicted molar refractivity (Wildman–Crippen MR) is 102 cm³/mol. The third kappa shape index (κ3) is 8.65. The minimum atomic E-state index is -1.50. The van der Waals surface area contributed by atoms with Gasteiger partial charge in [-0.2, -0.15) is 0 Å². The average Bonchev–Trinajstić information content (AvgIpc) is 2.67. The van der Waals surface area contributed by atoms with Crippen molar-refractivity contribution in [3.05, 3.63) is 70.7 Å². The first-order chi connectivity index (χ1) is 12.8. The number of benzene rings is 2. The van der Waals surface area contributed by atoms with Crippen LogP contribution in [0.5, 0.6) is 0 Å². The van der Waals surface area contributed by atoms with Gasteiger partial charge in [0.15, 0.2) is 6.10 Å². The molecule has 5 N–H and O–H groups in total. The number of nitrogens with one attached hydrogen (secondary N) is 1. The number of nitrogens with two attached hydrogens (primary N) is 1. The van der Waals surface area contributed by atoms with Crippen LogP contribution in [0.3, 0.4) is 0 Å². The van der Waals surface area contributed by atoms with E-state index < -0.39 is 18.1 Å². The zero-order chi connectivity index (χ0) is 20.2. The Kier molecular flexibility index (Phi) is 10.1. The summed E-state index contributed by atoms with van der Waals surface area (Å²) in [7, 11) is 1.52. The number of halogens is 1. The van der Waals surface area contributed by atoms with E-state index in [1.807, 2.05) is 30.3 Å². The van der Waals surface area contributed by atoms with Crippen LogP contribution in [0.1, 0.15) is 17.2 Å². The van der Waals surface area contributed by atoms with E-state index in [0.717, 1.165) is 5.56 Å². The summed E-state index contributed by atoms with van der Waals surface area (Å²) in [5.41, 5.74) is 6.89. The van der Waals surface area contributed by atoms with Crippen LogP contribution in [-0.2, 0) is 20.9 Å². The fourth-order valence-corrected chi connectivity index (χ4v) is 2.19. The fourth-order valence-electron chi connectivity index (χ4n) is 1.99. The topological polar surface area (TPSA) is 122 Å². The van der Waals surface area contributed by atoms with Gasteiger partial charge in [0.2, 0.25) is 5.91 Å². The first-order valence-electron chi connectivity index (χ1n) is 8.07. The third-order valence-electron chi connectivity index (χ3n) is 3.39. The number of aliphatic hydroxyl groups is 1. The molecule has 0 spiro atoms. The summed E-state index contributed by atoms with van der Waals surface area (Å²) in [4.78, 5) is 21.7. The molecule has 0 saturated heterocycles. The monoisotopic (exact) mass is 394 g/mol. The molecule has 2 rings (SSSR count). The van der Waals surface area contributed by atoms with E-state index in [0.29, 0.717) is 11.6 Å².